The molecule has 1 aromatic rings. The fraction of sp³-hybridized carbons (Fsp3) is 0.583. The maximum absolute atomic E-state index is 4.36. The summed E-state index contributed by atoms with van der Waals surface area (Å²) in [6, 6.07) is 4.17. The minimum atomic E-state index is 0.666. The number of hydrogen-bond donors (Lipinski definition) is 1. The van der Waals surface area contributed by atoms with Gasteiger partial charge in [0.1, 0.15) is 0 Å². The van der Waals surface area contributed by atoms with Gasteiger partial charge < -0.3 is 5.32 Å². The summed E-state index contributed by atoms with van der Waals surface area (Å²) in [5, 5.41) is 4.04. The van der Waals surface area contributed by atoms with Gasteiger partial charge in [-0.2, -0.15) is 11.8 Å². The van der Waals surface area contributed by atoms with Crippen molar-refractivity contribution in [3.63, 3.8) is 0 Å². The molecule has 0 saturated carbocycles. The molecule has 1 rings (SSSR count). The normalized spacial score (nSPS) is 10.7. The Labute approximate surface area is 96.9 Å². The minimum absolute atomic E-state index is 0.666. The Balaban J connectivity index is 2.50. The van der Waals surface area contributed by atoms with Gasteiger partial charge in [-0.1, -0.05) is 20.8 Å². The molecular weight excluding hydrogens is 204 g/mol. The van der Waals surface area contributed by atoms with Gasteiger partial charge in [0.2, 0.25) is 0 Å². The lowest BCUT2D eigenvalue weighted by Gasteiger charge is -2.07. The van der Waals surface area contributed by atoms with E-state index in [-0.39, 0.29) is 0 Å². The summed E-state index contributed by atoms with van der Waals surface area (Å²) in [6.07, 6.45) is 3.03. The van der Waals surface area contributed by atoms with Gasteiger partial charge in [-0.15, -0.1) is 0 Å². The summed E-state index contributed by atoms with van der Waals surface area (Å²) in [6.45, 7) is 7.62. The highest BCUT2D eigenvalue weighted by Crippen LogP contribution is 2.17. The van der Waals surface area contributed by atoms with Gasteiger partial charge in [-0.3, -0.25) is 4.98 Å². The molecule has 0 aliphatic heterocycles. The van der Waals surface area contributed by atoms with Crippen LogP contribution in [0.2, 0.25) is 0 Å². The zero-order valence-corrected chi connectivity index (χ0v) is 10.6. The Morgan fingerprint density at radius 1 is 1.47 bits per heavy atom. The van der Waals surface area contributed by atoms with Crippen molar-refractivity contribution in [2.24, 2.45) is 0 Å². The van der Waals surface area contributed by atoms with E-state index in [4.69, 9.17) is 0 Å². The van der Waals surface area contributed by atoms with Gasteiger partial charge in [-0.05, 0) is 23.8 Å². The standard InChI is InChI=1S/C12H20N2S/c1-4-6-13-11-5-7-14-12(8-11)9-15-10(2)3/h5,7-8,10H,4,6,9H2,1-3H3,(H,13,14). The molecule has 0 spiro atoms. The summed E-state index contributed by atoms with van der Waals surface area (Å²) in [4.78, 5) is 4.36. The number of rotatable bonds is 6. The van der Waals surface area contributed by atoms with E-state index in [2.05, 4.69) is 37.1 Å². The van der Waals surface area contributed by atoms with Crippen LogP contribution in [0, 0.1) is 0 Å². The Hall–Kier alpha value is -0.700. The van der Waals surface area contributed by atoms with Crippen LogP contribution in [0.4, 0.5) is 5.69 Å². The van der Waals surface area contributed by atoms with Gasteiger partial charge in [0.05, 0.1) is 5.69 Å². The average molecular weight is 224 g/mol. The lowest BCUT2D eigenvalue weighted by Crippen LogP contribution is -2.01. The summed E-state index contributed by atoms with van der Waals surface area (Å²) >= 11 is 1.93. The molecule has 84 valence electrons. The van der Waals surface area contributed by atoms with Crippen LogP contribution in [0.3, 0.4) is 0 Å². The first-order chi connectivity index (χ1) is 7.22. The van der Waals surface area contributed by atoms with Crippen LogP contribution >= 0.6 is 11.8 Å². The van der Waals surface area contributed by atoms with Crippen LogP contribution < -0.4 is 5.32 Å². The molecule has 15 heavy (non-hydrogen) atoms. The second-order valence-corrected chi connectivity index (χ2v) is 5.39. The molecule has 1 aromatic heterocycles. The first-order valence-electron chi connectivity index (χ1n) is 5.52. The molecule has 0 fully saturated rings. The van der Waals surface area contributed by atoms with Gasteiger partial charge in [-0.25, -0.2) is 0 Å². The number of thioether (sulfide) groups is 1. The van der Waals surface area contributed by atoms with E-state index < -0.39 is 0 Å². The van der Waals surface area contributed by atoms with E-state index in [1.54, 1.807) is 0 Å². The second-order valence-electron chi connectivity index (χ2n) is 3.82. The molecule has 1 N–H and O–H groups in total. The van der Waals surface area contributed by atoms with Crippen LogP contribution in [0.5, 0.6) is 0 Å². The molecule has 3 heteroatoms. The van der Waals surface area contributed by atoms with Gasteiger partial charge >= 0.3 is 0 Å². The zero-order chi connectivity index (χ0) is 11.1. The van der Waals surface area contributed by atoms with Crippen LogP contribution in [0.1, 0.15) is 32.9 Å². The molecular formula is C12H20N2S. The molecule has 0 amide bonds. The Bertz CT molecular complexity index is 287. The molecule has 0 atom stereocenters. The van der Waals surface area contributed by atoms with Crippen molar-refractivity contribution >= 4 is 17.4 Å². The minimum Gasteiger partial charge on any atom is -0.385 e. The molecule has 0 unspecified atom stereocenters. The Morgan fingerprint density at radius 3 is 2.93 bits per heavy atom. The van der Waals surface area contributed by atoms with E-state index in [0.29, 0.717) is 5.25 Å². The first kappa shape index (κ1) is 12.4. The van der Waals surface area contributed by atoms with Crippen molar-refractivity contribution in [1.82, 2.24) is 4.98 Å². The van der Waals surface area contributed by atoms with Crippen molar-refractivity contribution in [1.29, 1.82) is 0 Å². The summed E-state index contributed by atoms with van der Waals surface area (Å²) in [7, 11) is 0. The topological polar surface area (TPSA) is 24.9 Å². The van der Waals surface area contributed by atoms with Crippen LogP contribution in [-0.4, -0.2) is 16.8 Å². The number of aromatic nitrogens is 1. The van der Waals surface area contributed by atoms with Crippen molar-refractivity contribution in [2.45, 2.75) is 38.2 Å². The molecule has 0 bridgehead atoms. The third-order valence-electron chi connectivity index (χ3n) is 1.96. The summed E-state index contributed by atoms with van der Waals surface area (Å²) < 4.78 is 0. The quantitative estimate of drug-likeness (QED) is 0.800. The Kier molecular flexibility index (Phi) is 5.54. The van der Waals surface area contributed by atoms with Crippen molar-refractivity contribution < 1.29 is 0 Å². The van der Waals surface area contributed by atoms with Gasteiger partial charge in [0, 0.05) is 24.2 Å². The third-order valence-corrected chi connectivity index (χ3v) is 3.09. The van der Waals surface area contributed by atoms with E-state index in [9.17, 15) is 0 Å². The lowest BCUT2D eigenvalue weighted by atomic mass is 10.3. The molecule has 0 aliphatic carbocycles. The highest BCUT2D eigenvalue weighted by molar-refractivity contribution is 7.99. The fourth-order valence-electron chi connectivity index (χ4n) is 1.19. The largest absolute Gasteiger partial charge is 0.385 e. The Morgan fingerprint density at radius 2 is 2.27 bits per heavy atom. The average Bonchev–Trinajstić information content (AvgIpc) is 2.24. The number of nitrogens with one attached hydrogen (secondary N) is 1. The van der Waals surface area contributed by atoms with E-state index in [1.165, 1.54) is 5.69 Å². The molecule has 1 heterocycles. The predicted molar refractivity (Wildman–Crippen MR) is 69.4 cm³/mol. The van der Waals surface area contributed by atoms with Crippen LogP contribution in [-0.2, 0) is 5.75 Å². The van der Waals surface area contributed by atoms with Gasteiger partial charge in [0.25, 0.3) is 0 Å². The number of nitrogens with zero attached hydrogens (tertiary/aromatic N) is 1. The smallest absolute Gasteiger partial charge is 0.0523 e. The van der Waals surface area contributed by atoms with Crippen LogP contribution in [0.15, 0.2) is 18.3 Å². The van der Waals surface area contributed by atoms with Gasteiger partial charge in [0.15, 0.2) is 0 Å². The number of hydrogen-bond acceptors (Lipinski definition) is 3. The van der Waals surface area contributed by atoms with Crippen molar-refractivity contribution in [3.05, 3.63) is 24.0 Å². The zero-order valence-electron chi connectivity index (χ0n) is 9.79. The van der Waals surface area contributed by atoms with Crippen molar-refractivity contribution in [2.75, 3.05) is 11.9 Å². The SMILES string of the molecule is CCCNc1ccnc(CSC(C)C)c1. The molecule has 0 saturated heterocycles. The maximum Gasteiger partial charge on any atom is 0.0523 e. The monoisotopic (exact) mass is 224 g/mol. The maximum atomic E-state index is 4.36. The highest BCUT2D eigenvalue weighted by Gasteiger charge is 1.99. The summed E-state index contributed by atoms with van der Waals surface area (Å²) in [5.41, 5.74) is 2.35. The van der Waals surface area contributed by atoms with Crippen LogP contribution in [0.25, 0.3) is 0 Å². The highest BCUT2D eigenvalue weighted by atomic mass is 32.2. The van der Waals surface area contributed by atoms with E-state index in [0.717, 1.165) is 24.4 Å². The van der Waals surface area contributed by atoms with Crippen molar-refractivity contribution in [3.8, 4) is 0 Å². The molecule has 0 aliphatic rings. The van der Waals surface area contributed by atoms with E-state index >= 15 is 0 Å². The first-order valence-corrected chi connectivity index (χ1v) is 6.57. The molecule has 0 aromatic carbocycles. The number of pyridine rings is 1. The van der Waals surface area contributed by atoms with E-state index in [1.807, 2.05) is 24.0 Å². The second kappa shape index (κ2) is 6.72. The fourth-order valence-corrected chi connectivity index (χ4v) is 1.85. The predicted octanol–water partition coefficient (Wildman–Crippen LogP) is 3.55. The summed E-state index contributed by atoms with van der Waals surface area (Å²) in [5.74, 6) is 0.999. The third kappa shape index (κ3) is 5.07. The molecule has 2 nitrogen and oxygen atoms in total. The lowest BCUT2D eigenvalue weighted by molar-refractivity contribution is 0.977. The molecule has 0 radical (unpaired) electrons. The number of anilines is 1.